The highest BCUT2D eigenvalue weighted by atomic mass is 32.1. The summed E-state index contributed by atoms with van der Waals surface area (Å²) in [6.45, 7) is 3.38. The van der Waals surface area contributed by atoms with Crippen LogP contribution in [0.15, 0.2) is 36.0 Å². The lowest BCUT2D eigenvalue weighted by Gasteiger charge is -2.36. The highest BCUT2D eigenvalue weighted by Gasteiger charge is 2.31. The van der Waals surface area contributed by atoms with Crippen molar-refractivity contribution in [2.45, 2.75) is 25.8 Å². The molecule has 3 heterocycles. The first-order valence-corrected chi connectivity index (χ1v) is 9.59. The summed E-state index contributed by atoms with van der Waals surface area (Å²) in [6, 6.07) is 6.21. The molecule has 1 saturated heterocycles. The lowest BCUT2D eigenvalue weighted by molar-refractivity contribution is -0.123. The van der Waals surface area contributed by atoms with Crippen LogP contribution in [-0.4, -0.2) is 35.0 Å². The van der Waals surface area contributed by atoms with Crippen molar-refractivity contribution in [1.29, 1.82) is 0 Å². The van der Waals surface area contributed by atoms with E-state index >= 15 is 0 Å². The number of piperazine rings is 1. The molecule has 1 aliphatic rings. The minimum absolute atomic E-state index is 0.0448. The Morgan fingerprint density at radius 2 is 2.12 bits per heavy atom. The molecule has 1 atom stereocenters. The fraction of sp³-hybridized carbons (Fsp3) is 0.316. The average Bonchev–Trinajstić information content (AvgIpc) is 3.08. The summed E-state index contributed by atoms with van der Waals surface area (Å²) in [6.07, 6.45) is 3.24. The van der Waals surface area contributed by atoms with E-state index in [9.17, 15) is 9.18 Å². The van der Waals surface area contributed by atoms with Crippen molar-refractivity contribution in [3.05, 3.63) is 41.8 Å². The molecule has 4 rings (SSSR count). The molecular formula is C19H19FN4OS. The van der Waals surface area contributed by atoms with Crippen LogP contribution in [0.4, 0.5) is 10.2 Å². The maximum absolute atomic E-state index is 13.3. The van der Waals surface area contributed by atoms with Crippen molar-refractivity contribution < 1.29 is 9.18 Å². The largest absolute Gasteiger partial charge is 0.353 e. The average molecular weight is 370 g/mol. The van der Waals surface area contributed by atoms with E-state index in [2.05, 4.69) is 27.1 Å². The van der Waals surface area contributed by atoms with Gasteiger partial charge in [-0.15, -0.1) is 11.3 Å². The van der Waals surface area contributed by atoms with Gasteiger partial charge in [-0.2, -0.15) is 0 Å². The Kier molecular flexibility index (Phi) is 4.55. The van der Waals surface area contributed by atoms with E-state index < -0.39 is 0 Å². The third kappa shape index (κ3) is 2.92. The van der Waals surface area contributed by atoms with Gasteiger partial charge in [0.05, 0.1) is 5.39 Å². The summed E-state index contributed by atoms with van der Waals surface area (Å²) in [4.78, 5) is 24.3. The SMILES string of the molecule is CCCC1C(=O)NCCN1c1ncnc2scc(-c3ccc(F)cc3)c12. The maximum atomic E-state index is 13.3. The predicted octanol–water partition coefficient (Wildman–Crippen LogP) is 3.60. The van der Waals surface area contributed by atoms with E-state index in [0.717, 1.165) is 40.0 Å². The fourth-order valence-corrected chi connectivity index (χ4v) is 4.36. The van der Waals surface area contributed by atoms with Crippen LogP contribution >= 0.6 is 11.3 Å². The molecule has 0 radical (unpaired) electrons. The molecule has 0 spiro atoms. The second-order valence-corrected chi connectivity index (χ2v) is 7.18. The van der Waals surface area contributed by atoms with Crippen molar-refractivity contribution >= 4 is 33.3 Å². The number of anilines is 1. The van der Waals surface area contributed by atoms with E-state index in [1.54, 1.807) is 18.5 Å². The Balaban J connectivity index is 1.86. The van der Waals surface area contributed by atoms with Gasteiger partial charge in [-0.05, 0) is 24.1 Å². The molecule has 0 bridgehead atoms. The zero-order valence-corrected chi connectivity index (χ0v) is 15.2. The number of hydrogen-bond donors (Lipinski definition) is 1. The maximum Gasteiger partial charge on any atom is 0.242 e. The lowest BCUT2D eigenvalue weighted by Crippen LogP contribution is -2.55. The minimum atomic E-state index is -0.263. The predicted molar refractivity (Wildman–Crippen MR) is 102 cm³/mol. The highest BCUT2D eigenvalue weighted by Crippen LogP contribution is 2.38. The smallest absolute Gasteiger partial charge is 0.242 e. The number of rotatable bonds is 4. The third-order valence-electron chi connectivity index (χ3n) is 4.67. The molecule has 7 heteroatoms. The van der Waals surface area contributed by atoms with Gasteiger partial charge in [0.25, 0.3) is 0 Å². The van der Waals surface area contributed by atoms with Crippen LogP contribution in [0, 0.1) is 5.82 Å². The van der Waals surface area contributed by atoms with Gasteiger partial charge in [-0.25, -0.2) is 14.4 Å². The molecule has 1 aliphatic heterocycles. The zero-order chi connectivity index (χ0) is 18.1. The minimum Gasteiger partial charge on any atom is -0.353 e. The zero-order valence-electron chi connectivity index (χ0n) is 14.4. The Hall–Kier alpha value is -2.54. The molecule has 26 heavy (non-hydrogen) atoms. The first-order valence-electron chi connectivity index (χ1n) is 8.71. The Bertz CT molecular complexity index is 940. The highest BCUT2D eigenvalue weighted by molar-refractivity contribution is 7.17. The number of amides is 1. The van der Waals surface area contributed by atoms with Gasteiger partial charge in [-0.1, -0.05) is 25.5 Å². The van der Waals surface area contributed by atoms with Crippen molar-refractivity contribution in [3.8, 4) is 11.1 Å². The van der Waals surface area contributed by atoms with E-state index in [4.69, 9.17) is 0 Å². The van der Waals surface area contributed by atoms with Gasteiger partial charge in [0.1, 0.15) is 28.8 Å². The number of aromatic nitrogens is 2. The van der Waals surface area contributed by atoms with Crippen LogP contribution in [0.5, 0.6) is 0 Å². The summed E-state index contributed by atoms with van der Waals surface area (Å²) >= 11 is 1.53. The van der Waals surface area contributed by atoms with Gasteiger partial charge in [0.15, 0.2) is 0 Å². The summed E-state index contributed by atoms with van der Waals surface area (Å²) < 4.78 is 13.3. The van der Waals surface area contributed by atoms with Gasteiger partial charge in [-0.3, -0.25) is 4.79 Å². The van der Waals surface area contributed by atoms with Crippen molar-refractivity contribution in [3.63, 3.8) is 0 Å². The number of thiophene rings is 1. The second kappa shape index (κ2) is 6.99. The van der Waals surface area contributed by atoms with Crippen molar-refractivity contribution in [2.75, 3.05) is 18.0 Å². The molecule has 1 amide bonds. The molecule has 0 saturated carbocycles. The number of nitrogens with one attached hydrogen (secondary N) is 1. The van der Waals surface area contributed by atoms with Crippen LogP contribution < -0.4 is 10.2 Å². The molecule has 1 N–H and O–H groups in total. The van der Waals surface area contributed by atoms with Crippen molar-refractivity contribution in [2.24, 2.45) is 0 Å². The molecular weight excluding hydrogens is 351 g/mol. The van der Waals surface area contributed by atoms with E-state index in [-0.39, 0.29) is 17.8 Å². The van der Waals surface area contributed by atoms with Crippen LogP contribution in [0.25, 0.3) is 21.3 Å². The number of hydrogen-bond acceptors (Lipinski definition) is 5. The first-order chi connectivity index (χ1) is 12.7. The number of carbonyl (C=O) groups is 1. The van der Waals surface area contributed by atoms with Crippen LogP contribution in [0.1, 0.15) is 19.8 Å². The molecule has 1 fully saturated rings. The molecule has 134 valence electrons. The normalized spacial score (nSPS) is 17.5. The van der Waals surface area contributed by atoms with E-state index in [1.165, 1.54) is 23.5 Å². The number of fused-ring (bicyclic) bond motifs is 1. The van der Waals surface area contributed by atoms with Gasteiger partial charge in [0, 0.05) is 24.0 Å². The summed E-state index contributed by atoms with van der Waals surface area (Å²) in [7, 11) is 0. The Morgan fingerprint density at radius 3 is 2.88 bits per heavy atom. The molecule has 1 aromatic carbocycles. The number of halogens is 1. The Labute approximate surface area is 154 Å². The third-order valence-corrected chi connectivity index (χ3v) is 5.56. The van der Waals surface area contributed by atoms with Gasteiger partial charge < -0.3 is 10.2 Å². The van der Waals surface area contributed by atoms with Gasteiger partial charge in [0.2, 0.25) is 5.91 Å². The quantitative estimate of drug-likeness (QED) is 0.762. The topological polar surface area (TPSA) is 58.1 Å². The monoisotopic (exact) mass is 370 g/mol. The fourth-order valence-electron chi connectivity index (χ4n) is 3.45. The molecule has 3 aromatic rings. The second-order valence-electron chi connectivity index (χ2n) is 6.32. The number of benzene rings is 1. The molecule has 5 nitrogen and oxygen atoms in total. The lowest BCUT2D eigenvalue weighted by atomic mass is 10.0. The van der Waals surface area contributed by atoms with E-state index in [1.807, 2.05) is 5.38 Å². The first kappa shape index (κ1) is 16.9. The van der Waals surface area contributed by atoms with Crippen LogP contribution in [0.3, 0.4) is 0 Å². The molecule has 0 aliphatic carbocycles. The van der Waals surface area contributed by atoms with E-state index in [0.29, 0.717) is 13.1 Å². The Morgan fingerprint density at radius 1 is 1.31 bits per heavy atom. The number of nitrogens with zero attached hydrogens (tertiary/aromatic N) is 3. The summed E-state index contributed by atoms with van der Waals surface area (Å²) in [5, 5.41) is 5.90. The number of carbonyl (C=O) groups excluding carboxylic acids is 1. The van der Waals surface area contributed by atoms with Crippen LogP contribution in [0.2, 0.25) is 0 Å². The molecule has 1 unspecified atom stereocenters. The standard InChI is InChI=1S/C19H19FN4OS/c1-2-3-15-18(25)21-8-9-24(15)17-16-14(10-26-19(16)23-11-22-17)12-4-6-13(20)7-5-12/h4-7,10-11,15H,2-3,8-9H2,1H3,(H,21,25). The van der Waals surface area contributed by atoms with Gasteiger partial charge >= 0.3 is 0 Å². The molecule has 2 aromatic heterocycles. The van der Waals surface area contributed by atoms with Crippen LogP contribution in [-0.2, 0) is 4.79 Å². The van der Waals surface area contributed by atoms with Crippen molar-refractivity contribution in [1.82, 2.24) is 15.3 Å². The summed E-state index contributed by atoms with van der Waals surface area (Å²) in [5.74, 6) is 0.563. The summed E-state index contributed by atoms with van der Waals surface area (Å²) in [5.41, 5.74) is 1.89.